The van der Waals surface area contributed by atoms with Crippen LogP contribution in [0.2, 0.25) is 0 Å². The first-order chi connectivity index (χ1) is 14.2. The Balaban J connectivity index is 1.49. The molecule has 1 fully saturated rings. The van der Waals surface area contributed by atoms with Crippen LogP contribution in [-0.4, -0.2) is 39.6 Å². The maximum Gasteiger partial charge on any atom is 0.232 e. The van der Waals surface area contributed by atoms with Gasteiger partial charge in [-0.25, -0.2) is 9.97 Å². The smallest absolute Gasteiger partial charge is 0.232 e. The first-order valence-corrected chi connectivity index (χ1v) is 11.0. The standard InChI is InChI=1S/C23H25N3O2S/c1-17-8-7-13-26(14-17)22(27)16-29-23-19-11-5-6-12-20(19)24-21(25-23)15-28-18-9-3-2-4-10-18/h2-6,9-12,17H,7-8,13-16H2,1H3/t17-/m1/s1. The second-order valence-corrected chi connectivity index (χ2v) is 8.40. The van der Waals surface area contributed by atoms with Crippen LogP contribution in [0.15, 0.2) is 59.6 Å². The van der Waals surface area contributed by atoms with E-state index in [0.717, 1.165) is 41.2 Å². The van der Waals surface area contributed by atoms with Crippen molar-refractivity contribution in [2.75, 3.05) is 18.8 Å². The Kier molecular flexibility index (Phi) is 6.30. The van der Waals surface area contributed by atoms with Gasteiger partial charge < -0.3 is 9.64 Å². The van der Waals surface area contributed by atoms with Gasteiger partial charge in [-0.1, -0.05) is 55.1 Å². The SMILES string of the molecule is C[C@@H]1CCCN(C(=O)CSc2nc(COc3ccccc3)nc3ccccc23)C1. The summed E-state index contributed by atoms with van der Waals surface area (Å²) < 4.78 is 5.82. The van der Waals surface area contributed by atoms with Gasteiger partial charge >= 0.3 is 0 Å². The molecule has 0 N–H and O–H groups in total. The first-order valence-electron chi connectivity index (χ1n) is 10.0. The molecule has 6 heteroatoms. The lowest BCUT2D eigenvalue weighted by Gasteiger charge is -2.30. The number of rotatable bonds is 6. The van der Waals surface area contributed by atoms with Crippen LogP contribution < -0.4 is 4.74 Å². The second-order valence-electron chi connectivity index (χ2n) is 7.44. The lowest BCUT2D eigenvalue weighted by Crippen LogP contribution is -2.40. The number of benzene rings is 2. The van der Waals surface area contributed by atoms with E-state index in [9.17, 15) is 4.79 Å². The number of thioether (sulfide) groups is 1. The minimum atomic E-state index is 0.186. The summed E-state index contributed by atoms with van der Waals surface area (Å²) in [7, 11) is 0. The Morgan fingerprint density at radius 1 is 1.14 bits per heavy atom. The second kappa shape index (κ2) is 9.27. The zero-order valence-electron chi connectivity index (χ0n) is 16.6. The number of para-hydroxylation sites is 2. The highest BCUT2D eigenvalue weighted by Gasteiger charge is 2.21. The van der Waals surface area contributed by atoms with E-state index in [-0.39, 0.29) is 5.91 Å². The number of hydrogen-bond acceptors (Lipinski definition) is 5. The number of nitrogens with zero attached hydrogens (tertiary/aromatic N) is 3. The number of carbonyl (C=O) groups is 1. The van der Waals surface area contributed by atoms with Crippen molar-refractivity contribution in [2.24, 2.45) is 5.92 Å². The van der Waals surface area contributed by atoms with E-state index in [1.54, 1.807) is 0 Å². The zero-order valence-corrected chi connectivity index (χ0v) is 17.4. The van der Waals surface area contributed by atoms with E-state index in [2.05, 4.69) is 11.9 Å². The number of fused-ring (bicyclic) bond motifs is 1. The van der Waals surface area contributed by atoms with Crippen LogP contribution in [0.3, 0.4) is 0 Å². The first kappa shape index (κ1) is 19.7. The predicted octanol–water partition coefficient (Wildman–Crippen LogP) is 4.56. The number of aromatic nitrogens is 2. The van der Waals surface area contributed by atoms with Crippen molar-refractivity contribution in [1.29, 1.82) is 0 Å². The molecule has 0 aliphatic carbocycles. The van der Waals surface area contributed by atoms with Crippen LogP contribution in [0.5, 0.6) is 5.75 Å². The summed E-state index contributed by atoms with van der Waals surface area (Å²) in [4.78, 5) is 24.0. The predicted molar refractivity (Wildman–Crippen MR) is 116 cm³/mol. The van der Waals surface area contributed by atoms with Crippen LogP contribution >= 0.6 is 11.8 Å². The molecule has 1 aliphatic heterocycles. The summed E-state index contributed by atoms with van der Waals surface area (Å²) in [6.07, 6.45) is 2.30. The van der Waals surface area contributed by atoms with Crippen LogP contribution in [0, 0.1) is 5.92 Å². The normalized spacial score (nSPS) is 16.7. The molecular formula is C23H25N3O2S. The molecule has 1 aliphatic rings. The van der Waals surface area contributed by atoms with E-state index >= 15 is 0 Å². The summed E-state index contributed by atoms with van der Waals surface area (Å²) in [5.41, 5.74) is 0.871. The van der Waals surface area contributed by atoms with Crippen LogP contribution in [-0.2, 0) is 11.4 Å². The molecule has 2 aromatic carbocycles. The van der Waals surface area contributed by atoms with Gasteiger partial charge in [0.2, 0.25) is 5.91 Å². The number of piperidine rings is 1. The van der Waals surface area contributed by atoms with Gasteiger partial charge in [0.05, 0.1) is 11.3 Å². The van der Waals surface area contributed by atoms with Gasteiger partial charge in [-0.3, -0.25) is 4.79 Å². The minimum absolute atomic E-state index is 0.186. The van der Waals surface area contributed by atoms with Gasteiger partial charge in [0, 0.05) is 18.5 Å². The molecule has 0 spiro atoms. The third-order valence-corrected chi connectivity index (χ3v) is 6.04. The number of amides is 1. The van der Waals surface area contributed by atoms with Crippen molar-refractivity contribution in [3.63, 3.8) is 0 Å². The van der Waals surface area contributed by atoms with E-state index in [4.69, 9.17) is 9.72 Å². The minimum Gasteiger partial charge on any atom is -0.486 e. The molecule has 4 rings (SSSR count). The van der Waals surface area contributed by atoms with Gasteiger partial charge in [-0.2, -0.15) is 0 Å². The van der Waals surface area contributed by atoms with Crippen molar-refractivity contribution in [2.45, 2.75) is 31.4 Å². The van der Waals surface area contributed by atoms with Gasteiger partial charge in [0.1, 0.15) is 17.4 Å². The fourth-order valence-corrected chi connectivity index (χ4v) is 4.51. The summed E-state index contributed by atoms with van der Waals surface area (Å²) >= 11 is 1.49. The molecule has 2 heterocycles. The summed E-state index contributed by atoms with van der Waals surface area (Å²) in [5.74, 6) is 2.57. The fourth-order valence-electron chi connectivity index (χ4n) is 3.57. The molecule has 1 atom stereocenters. The molecule has 1 amide bonds. The molecule has 1 saturated heterocycles. The van der Waals surface area contributed by atoms with Gasteiger partial charge in [0.15, 0.2) is 5.82 Å². The van der Waals surface area contributed by atoms with E-state index in [0.29, 0.717) is 24.1 Å². The number of ether oxygens (including phenoxy) is 1. The molecule has 5 nitrogen and oxygen atoms in total. The molecular weight excluding hydrogens is 382 g/mol. The largest absolute Gasteiger partial charge is 0.486 e. The molecule has 1 aromatic heterocycles. The average molecular weight is 408 g/mol. The van der Waals surface area contributed by atoms with Crippen molar-refractivity contribution >= 4 is 28.6 Å². The van der Waals surface area contributed by atoms with Crippen molar-refractivity contribution in [1.82, 2.24) is 14.9 Å². The quantitative estimate of drug-likeness (QED) is 0.443. The topological polar surface area (TPSA) is 55.3 Å². The number of likely N-dealkylation sites (tertiary alicyclic amines) is 1. The lowest BCUT2D eigenvalue weighted by atomic mass is 10.0. The highest BCUT2D eigenvalue weighted by Crippen LogP contribution is 2.26. The summed E-state index contributed by atoms with van der Waals surface area (Å²) in [6, 6.07) is 17.6. The van der Waals surface area contributed by atoms with Gasteiger partial charge in [-0.05, 0) is 37.0 Å². The van der Waals surface area contributed by atoms with E-state index < -0.39 is 0 Å². The van der Waals surface area contributed by atoms with Crippen LogP contribution in [0.25, 0.3) is 10.9 Å². The summed E-state index contributed by atoms with van der Waals surface area (Å²) in [6.45, 7) is 4.23. The van der Waals surface area contributed by atoms with Gasteiger partial charge in [0.25, 0.3) is 0 Å². The molecule has 0 saturated carbocycles. The molecule has 150 valence electrons. The summed E-state index contributed by atoms with van der Waals surface area (Å²) in [5, 5.41) is 1.81. The molecule has 3 aromatic rings. The zero-order chi connectivity index (χ0) is 20.1. The van der Waals surface area contributed by atoms with Crippen LogP contribution in [0.4, 0.5) is 0 Å². The number of hydrogen-bond donors (Lipinski definition) is 0. The number of carbonyl (C=O) groups excluding carboxylic acids is 1. The fraction of sp³-hybridized carbons (Fsp3) is 0.348. The monoisotopic (exact) mass is 407 g/mol. The maximum atomic E-state index is 12.7. The van der Waals surface area contributed by atoms with Gasteiger partial charge in [-0.15, -0.1) is 0 Å². The van der Waals surface area contributed by atoms with E-state index in [1.807, 2.05) is 59.5 Å². The third-order valence-electron chi connectivity index (χ3n) is 5.07. The van der Waals surface area contributed by atoms with Crippen molar-refractivity contribution in [3.8, 4) is 5.75 Å². The molecule has 0 bridgehead atoms. The average Bonchev–Trinajstić information content (AvgIpc) is 2.76. The van der Waals surface area contributed by atoms with Crippen molar-refractivity contribution < 1.29 is 9.53 Å². The maximum absolute atomic E-state index is 12.7. The highest BCUT2D eigenvalue weighted by atomic mass is 32.2. The Morgan fingerprint density at radius 3 is 2.76 bits per heavy atom. The Morgan fingerprint density at radius 2 is 1.93 bits per heavy atom. The van der Waals surface area contributed by atoms with Crippen molar-refractivity contribution in [3.05, 3.63) is 60.4 Å². The van der Waals surface area contributed by atoms with E-state index in [1.165, 1.54) is 18.2 Å². The Hall–Kier alpha value is -2.60. The molecule has 0 radical (unpaired) electrons. The molecule has 29 heavy (non-hydrogen) atoms. The van der Waals surface area contributed by atoms with Crippen LogP contribution in [0.1, 0.15) is 25.6 Å². The Labute approximate surface area is 175 Å². The third kappa shape index (κ3) is 5.07. The highest BCUT2D eigenvalue weighted by molar-refractivity contribution is 8.00. The Bertz CT molecular complexity index is 980. The molecule has 0 unspecified atom stereocenters. The lowest BCUT2D eigenvalue weighted by molar-refractivity contribution is -0.130.